The number of nitrogens with one attached hydrogen (secondary N) is 1. The van der Waals surface area contributed by atoms with Crippen LogP contribution in [0.4, 0.5) is 10.2 Å². The molecule has 3 aromatic rings. The van der Waals surface area contributed by atoms with Crippen molar-refractivity contribution in [3.8, 4) is 11.8 Å². The van der Waals surface area contributed by atoms with Crippen molar-refractivity contribution in [2.45, 2.75) is 0 Å². The molecule has 0 atom stereocenters. The molecule has 6 nitrogen and oxygen atoms in total. The van der Waals surface area contributed by atoms with Crippen molar-refractivity contribution in [3.05, 3.63) is 65.5 Å². The molecule has 0 bridgehead atoms. The van der Waals surface area contributed by atoms with Gasteiger partial charge in [0.25, 0.3) is 11.7 Å². The molecule has 1 N–H and O–H groups in total. The zero-order chi connectivity index (χ0) is 20.4. The van der Waals surface area contributed by atoms with E-state index in [0.29, 0.717) is 37.3 Å². The van der Waals surface area contributed by atoms with Gasteiger partial charge in [0.15, 0.2) is 0 Å². The number of rotatable bonds is 3. The van der Waals surface area contributed by atoms with E-state index in [1.165, 1.54) is 18.2 Å². The minimum Gasteiger partial charge on any atom is -0.497 e. The van der Waals surface area contributed by atoms with Crippen molar-refractivity contribution in [1.29, 1.82) is 5.26 Å². The molecule has 0 unspecified atom stereocenters. The summed E-state index contributed by atoms with van der Waals surface area (Å²) in [5, 5.41) is 10.5. The van der Waals surface area contributed by atoms with Gasteiger partial charge in [-0.3, -0.25) is 9.69 Å². The van der Waals surface area contributed by atoms with E-state index in [4.69, 9.17) is 4.74 Å². The molecule has 1 aliphatic rings. The Hall–Kier alpha value is -3.66. The summed E-state index contributed by atoms with van der Waals surface area (Å²) in [5.74, 6) is 0.854. The van der Waals surface area contributed by atoms with E-state index < -0.39 is 5.82 Å². The Morgan fingerprint density at radius 3 is 2.62 bits per heavy atom. The van der Waals surface area contributed by atoms with Gasteiger partial charge < -0.3 is 9.64 Å². The lowest BCUT2D eigenvalue weighted by Gasteiger charge is -2.31. The van der Waals surface area contributed by atoms with Crippen molar-refractivity contribution < 1.29 is 18.9 Å². The fourth-order valence-electron chi connectivity index (χ4n) is 3.59. The highest BCUT2D eigenvalue weighted by molar-refractivity contribution is 5.94. The molecule has 0 saturated carbocycles. The maximum Gasteiger partial charge on any atom is 0.293 e. The SMILES string of the molecule is COc1ccc2cc(C#N)c(N3CCN(C(=O)c4cccc(F)c4)CC3)[nH+]c2c1. The second-order valence-corrected chi connectivity index (χ2v) is 6.89. The normalized spacial score (nSPS) is 14.0. The summed E-state index contributed by atoms with van der Waals surface area (Å²) in [7, 11) is 1.61. The Kier molecular flexibility index (Phi) is 5.00. The number of H-pyrrole nitrogens is 1. The van der Waals surface area contributed by atoms with Crippen LogP contribution in [0.1, 0.15) is 15.9 Å². The highest BCUT2D eigenvalue weighted by Gasteiger charge is 2.29. The Balaban J connectivity index is 1.55. The first-order valence-corrected chi connectivity index (χ1v) is 9.33. The molecule has 7 heteroatoms. The first-order chi connectivity index (χ1) is 14.1. The second-order valence-electron chi connectivity index (χ2n) is 6.89. The number of methoxy groups -OCH3 is 1. The van der Waals surface area contributed by atoms with E-state index in [2.05, 4.69) is 16.0 Å². The molecule has 146 valence electrons. The number of carbonyl (C=O) groups is 1. The van der Waals surface area contributed by atoms with Crippen LogP contribution in [0.2, 0.25) is 0 Å². The number of ether oxygens (including phenoxy) is 1. The van der Waals surface area contributed by atoms with Crippen LogP contribution in [0.5, 0.6) is 5.75 Å². The summed E-state index contributed by atoms with van der Waals surface area (Å²) in [4.78, 5) is 19.7. The Morgan fingerprint density at radius 2 is 1.93 bits per heavy atom. The second kappa shape index (κ2) is 7.76. The molecular weight excluding hydrogens is 371 g/mol. The predicted octanol–water partition coefficient (Wildman–Crippen LogP) is 2.64. The van der Waals surface area contributed by atoms with Crippen molar-refractivity contribution in [2.75, 3.05) is 38.2 Å². The summed E-state index contributed by atoms with van der Waals surface area (Å²) >= 11 is 0. The lowest BCUT2D eigenvalue weighted by atomic mass is 10.1. The number of aromatic amines is 1. The standard InChI is InChI=1S/C22H19FN4O2/c1-29-19-6-5-15-11-17(14-24)21(25-20(15)13-19)26-7-9-27(10-8-26)22(28)16-3-2-4-18(23)12-16/h2-6,11-13H,7-10H2,1H3/p+1. The topological polar surface area (TPSA) is 70.7 Å². The molecule has 0 radical (unpaired) electrons. The Morgan fingerprint density at radius 1 is 1.14 bits per heavy atom. The molecule has 1 aliphatic heterocycles. The first kappa shape index (κ1) is 18.7. The van der Waals surface area contributed by atoms with Crippen LogP contribution < -0.4 is 14.6 Å². The van der Waals surface area contributed by atoms with Gasteiger partial charge in [-0.25, -0.2) is 9.37 Å². The third-order valence-electron chi connectivity index (χ3n) is 5.14. The van der Waals surface area contributed by atoms with Crippen molar-refractivity contribution in [2.24, 2.45) is 0 Å². The van der Waals surface area contributed by atoms with Crippen LogP contribution in [0.25, 0.3) is 10.9 Å². The van der Waals surface area contributed by atoms with E-state index in [0.717, 1.165) is 22.5 Å². The van der Waals surface area contributed by atoms with Crippen LogP contribution in [-0.4, -0.2) is 44.1 Å². The minimum absolute atomic E-state index is 0.183. The average molecular weight is 391 g/mol. The van der Waals surface area contributed by atoms with E-state index in [1.54, 1.807) is 18.1 Å². The summed E-state index contributed by atoms with van der Waals surface area (Å²) in [6, 6.07) is 15.5. The van der Waals surface area contributed by atoms with Crippen LogP contribution >= 0.6 is 0 Å². The Bertz CT molecular complexity index is 1120. The number of anilines is 1. The summed E-state index contributed by atoms with van der Waals surface area (Å²) in [6.07, 6.45) is 0. The van der Waals surface area contributed by atoms with E-state index >= 15 is 0 Å². The molecule has 2 heterocycles. The maximum absolute atomic E-state index is 13.4. The number of halogens is 1. The number of amides is 1. The largest absolute Gasteiger partial charge is 0.497 e. The highest BCUT2D eigenvalue weighted by Crippen LogP contribution is 2.24. The van der Waals surface area contributed by atoms with Gasteiger partial charge in [0.05, 0.1) is 20.2 Å². The van der Waals surface area contributed by atoms with E-state index in [1.807, 2.05) is 24.3 Å². The van der Waals surface area contributed by atoms with Gasteiger partial charge in [-0.05, 0) is 36.4 Å². The monoisotopic (exact) mass is 391 g/mol. The van der Waals surface area contributed by atoms with E-state index in [-0.39, 0.29) is 5.91 Å². The quantitative estimate of drug-likeness (QED) is 0.688. The molecule has 1 aromatic heterocycles. The lowest BCUT2D eigenvalue weighted by molar-refractivity contribution is -0.331. The molecule has 0 aliphatic carbocycles. The molecule has 29 heavy (non-hydrogen) atoms. The van der Waals surface area contributed by atoms with Gasteiger partial charge in [0, 0.05) is 17.0 Å². The molecular formula is C22H20FN4O2+. The van der Waals surface area contributed by atoms with Crippen LogP contribution in [-0.2, 0) is 0 Å². The fourth-order valence-corrected chi connectivity index (χ4v) is 3.59. The van der Waals surface area contributed by atoms with Crippen molar-refractivity contribution >= 4 is 22.6 Å². The molecule has 1 saturated heterocycles. The van der Waals surface area contributed by atoms with Crippen LogP contribution in [0.3, 0.4) is 0 Å². The number of piperazine rings is 1. The molecule has 4 rings (SSSR count). The van der Waals surface area contributed by atoms with Crippen LogP contribution in [0.15, 0.2) is 48.5 Å². The number of pyridine rings is 1. The first-order valence-electron chi connectivity index (χ1n) is 9.33. The number of hydrogen-bond acceptors (Lipinski definition) is 4. The smallest absolute Gasteiger partial charge is 0.293 e. The zero-order valence-corrected chi connectivity index (χ0v) is 16.0. The number of hydrogen-bond donors (Lipinski definition) is 0. The molecule has 1 fully saturated rings. The van der Waals surface area contributed by atoms with Gasteiger partial charge >= 0.3 is 0 Å². The van der Waals surface area contributed by atoms with Crippen molar-refractivity contribution in [3.63, 3.8) is 0 Å². The lowest BCUT2D eigenvalue weighted by Crippen LogP contribution is -2.50. The summed E-state index contributed by atoms with van der Waals surface area (Å²) in [6.45, 7) is 2.12. The third kappa shape index (κ3) is 3.69. The van der Waals surface area contributed by atoms with Crippen molar-refractivity contribution in [1.82, 2.24) is 4.90 Å². The third-order valence-corrected chi connectivity index (χ3v) is 5.14. The van der Waals surface area contributed by atoms with Gasteiger partial charge in [-0.2, -0.15) is 5.26 Å². The molecule has 0 spiro atoms. The molecule has 2 aromatic carbocycles. The minimum atomic E-state index is -0.422. The highest BCUT2D eigenvalue weighted by atomic mass is 19.1. The maximum atomic E-state index is 13.4. The van der Waals surface area contributed by atoms with Gasteiger partial charge in [0.2, 0.25) is 0 Å². The van der Waals surface area contributed by atoms with Crippen LogP contribution in [0, 0.1) is 17.1 Å². The number of nitriles is 1. The predicted molar refractivity (Wildman–Crippen MR) is 106 cm³/mol. The summed E-state index contributed by atoms with van der Waals surface area (Å²) < 4.78 is 18.7. The fraction of sp³-hybridized carbons (Fsp3) is 0.227. The van der Waals surface area contributed by atoms with E-state index in [9.17, 15) is 14.4 Å². The number of carbonyl (C=O) groups excluding carboxylic acids is 1. The zero-order valence-electron chi connectivity index (χ0n) is 16.0. The number of nitrogens with zero attached hydrogens (tertiary/aromatic N) is 3. The summed E-state index contributed by atoms with van der Waals surface area (Å²) in [5.41, 5.74) is 1.77. The number of aromatic nitrogens is 1. The van der Waals surface area contributed by atoms with Gasteiger partial charge in [-0.1, -0.05) is 6.07 Å². The average Bonchev–Trinajstić information content (AvgIpc) is 2.77. The Labute approximate surface area is 167 Å². The van der Waals surface area contributed by atoms with Gasteiger partial charge in [0.1, 0.15) is 41.8 Å². The number of benzene rings is 2. The number of fused-ring (bicyclic) bond motifs is 1. The van der Waals surface area contributed by atoms with Gasteiger partial charge in [-0.15, -0.1) is 0 Å². The molecule has 1 amide bonds.